The lowest BCUT2D eigenvalue weighted by Crippen LogP contribution is -2.62. The average molecular weight is 561 g/mol. The van der Waals surface area contributed by atoms with E-state index in [-0.39, 0.29) is 43.3 Å². The second kappa shape index (κ2) is 11.2. The standard InChI is InChI=1S/C26H36N8O4.ClH/c1-16-11-32(23(36)26(2,28)15-35)9-10-33(16)24(37)29-21-7-8-34(25(38)30-21)18-5-3-17(4-6-18)12-31-13-19-20(14-31)22(19)27;/h3-8,16,19-20,22,35H,9-15,27-28H2,1-2H3,(H,29,30,37,38);1H/t16-,19?,20?,22?,26+;/m1./s1. The number of rotatable bonds is 6. The fourth-order valence-corrected chi connectivity index (χ4v) is 5.53. The Balaban J connectivity index is 0.00000353. The van der Waals surface area contributed by atoms with E-state index >= 15 is 0 Å². The number of nitrogens with one attached hydrogen (secondary N) is 1. The molecule has 0 spiro atoms. The molecule has 3 aliphatic rings. The number of aromatic nitrogens is 2. The van der Waals surface area contributed by atoms with Crippen molar-refractivity contribution in [2.45, 2.75) is 38.0 Å². The van der Waals surface area contributed by atoms with Crippen molar-refractivity contribution in [2.24, 2.45) is 23.3 Å². The predicted molar refractivity (Wildman–Crippen MR) is 149 cm³/mol. The second-order valence-electron chi connectivity index (χ2n) is 11.0. The fraction of sp³-hybridized carbons (Fsp3) is 0.538. The van der Waals surface area contributed by atoms with Gasteiger partial charge in [-0.1, -0.05) is 12.1 Å². The maximum atomic E-state index is 12.9. The van der Waals surface area contributed by atoms with Crippen molar-refractivity contribution in [1.82, 2.24) is 24.3 Å². The number of urea groups is 1. The first-order valence-corrected chi connectivity index (χ1v) is 13.0. The van der Waals surface area contributed by atoms with Crippen molar-refractivity contribution in [2.75, 3.05) is 44.6 Å². The molecule has 3 heterocycles. The quantitative estimate of drug-likeness (QED) is 0.378. The summed E-state index contributed by atoms with van der Waals surface area (Å²) < 4.78 is 1.43. The largest absolute Gasteiger partial charge is 0.394 e. The van der Waals surface area contributed by atoms with Crippen LogP contribution in [0.25, 0.3) is 5.69 Å². The zero-order chi connectivity index (χ0) is 27.2. The van der Waals surface area contributed by atoms with Gasteiger partial charge in [0.1, 0.15) is 11.4 Å². The molecule has 1 aromatic carbocycles. The van der Waals surface area contributed by atoms with Gasteiger partial charge in [0.25, 0.3) is 0 Å². The van der Waals surface area contributed by atoms with Crippen molar-refractivity contribution in [3.8, 4) is 5.69 Å². The molecule has 4 atom stereocenters. The fourth-order valence-electron chi connectivity index (χ4n) is 5.53. The van der Waals surface area contributed by atoms with Gasteiger partial charge in [-0.3, -0.25) is 19.6 Å². The number of halogens is 1. The molecule has 2 aromatic rings. The summed E-state index contributed by atoms with van der Waals surface area (Å²) in [5.41, 5.74) is 11.9. The molecule has 13 heteroatoms. The van der Waals surface area contributed by atoms with Crippen LogP contribution < -0.4 is 22.5 Å². The number of piperidine rings is 1. The summed E-state index contributed by atoms with van der Waals surface area (Å²) in [6.45, 7) is 6.67. The van der Waals surface area contributed by atoms with Crippen LogP contribution in [0.5, 0.6) is 0 Å². The first-order valence-electron chi connectivity index (χ1n) is 13.0. The van der Waals surface area contributed by atoms with E-state index in [4.69, 9.17) is 11.5 Å². The van der Waals surface area contributed by atoms with Crippen molar-refractivity contribution >= 4 is 30.2 Å². The van der Waals surface area contributed by atoms with Gasteiger partial charge < -0.3 is 26.4 Å². The van der Waals surface area contributed by atoms with Gasteiger partial charge in [-0.2, -0.15) is 4.98 Å². The monoisotopic (exact) mass is 560 g/mol. The van der Waals surface area contributed by atoms with Gasteiger partial charge >= 0.3 is 11.7 Å². The molecule has 3 amide bonds. The maximum absolute atomic E-state index is 12.9. The highest BCUT2D eigenvalue weighted by Crippen LogP contribution is 2.44. The maximum Gasteiger partial charge on any atom is 0.354 e. The number of carbonyl (C=O) groups is 2. The van der Waals surface area contributed by atoms with Crippen LogP contribution in [0.2, 0.25) is 0 Å². The molecule has 12 nitrogen and oxygen atoms in total. The lowest BCUT2D eigenvalue weighted by atomic mass is 10.0. The predicted octanol–water partition coefficient (Wildman–Crippen LogP) is -0.182. The van der Waals surface area contributed by atoms with Crippen LogP contribution in [0.15, 0.2) is 41.3 Å². The molecular formula is C26H37ClN8O4. The van der Waals surface area contributed by atoms with Crippen molar-refractivity contribution in [3.63, 3.8) is 0 Å². The summed E-state index contributed by atoms with van der Waals surface area (Å²) in [7, 11) is 0. The number of likely N-dealkylation sites (tertiary alicyclic amines) is 1. The molecule has 3 fully saturated rings. The molecule has 1 aromatic heterocycles. The highest BCUT2D eigenvalue weighted by Gasteiger charge is 2.53. The lowest BCUT2D eigenvalue weighted by Gasteiger charge is -2.41. The van der Waals surface area contributed by atoms with Gasteiger partial charge in [0.05, 0.1) is 12.3 Å². The van der Waals surface area contributed by atoms with Gasteiger partial charge in [-0.15, -0.1) is 12.4 Å². The zero-order valence-corrected chi connectivity index (χ0v) is 23.0. The second-order valence-corrected chi connectivity index (χ2v) is 11.0. The van der Waals surface area contributed by atoms with Crippen LogP contribution in [-0.2, 0) is 11.3 Å². The number of hydrogen-bond acceptors (Lipinski definition) is 8. The normalized spacial score (nSPS) is 25.9. The number of amides is 3. The molecule has 39 heavy (non-hydrogen) atoms. The summed E-state index contributed by atoms with van der Waals surface area (Å²) in [6.07, 6.45) is 1.59. The Hall–Kier alpha value is -3.03. The summed E-state index contributed by atoms with van der Waals surface area (Å²) in [5, 5.41) is 12.1. The SMILES string of the molecule is C[C@@H]1CN(C(=O)[C@@](C)(N)CO)CCN1C(=O)Nc1ccn(-c2ccc(CN3CC4C(N)C4C3)cc2)c(=O)n1.Cl. The number of anilines is 1. The van der Waals surface area contributed by atoms with Gasteiger partial charge in [0.2, 0.25) is 5.91 Å². The number of hydrogen-bond donors (Lipinski definition) is 4. The molecule has 1 saturated carbocycles. The van der Waals surface area contributed by atoms with Crippen LogP contribution in [0, 0.1) is 11.8 Å². The van der Waals surface area contributed by atoms with E-state index in [9.17, 15) is 19.5 Å². The Bertz CT molecular complexity index is 1260. The van der Waals surface area contributed by atoms with E-state index in [1.165, 1.54) is 17.1 Å². The van der Waals surface area contributed by atoms with E-state index in [1.807, 2.05) is 31.2 Å². The molecule has 2 unspecified atom stereocenters. The Kier molecular flexibility index (Phi) is 8.33. The van der Waals surface area contributed by atoms with E-state index < -0.39 is 23.9 Å². The van der Waals surface area contributed by atoms with E-state index in [0.717, 1.165) is 19.6 Å². The van der Waals surface area contributed by atoms with Crippen LogP contribution in [-0.4, -0.2) is 98.2 Å². The summed E-state index contributed by atoms with van der Waals surface area (Å²) in [4.78, 5) is 47.7. The van der Waals surface area contributed by atoms with Crippen LogP contribution >= 0.6 is 12.4 Å². The molecule has 2 aliphatic heterocycles. The number of carbonyl (C=O) groups excluding carboxylic acids is 2. The third-order valence-electron chi connectivity index (χ3n) is 7.99. The lowest BCUT2D eigenvalue weighted by molar-refractivity contribution is -0.140. The summed E-state index contributed by atoms with van der Waals surface area (Å²) >= 11 is 0. The van der Waals surface area contributed by atoms with E-state index in [0.29, 0.717) is 30.1 Å². The number of nitrogens with two attached hydrogens (primary N) is 2. The average Bonchev–Trinajstić information content (AvgIpc) is 3.28. The van der Waals surface area contributed by atoms with Crippen molar-refractivity contribution in [1.29, 1.82) is 0 Å². The molecule has 2 saturated heterocycles. The topological polar surface area (TPSA) is 163 Å². The first kappa shape index (κ1) is 29.0. The third-order valence-corrected chi connectivity index (χ3v) is 7.99. The van der Waals surface area contributed by atoms with E-state index in [1.54, 1.807) is 22.1 Å². The number of aliphatic hydroxyl groups is 1. The van der Waals surface area contributed by atoms with Gasteiger partial charge in [0.15, 0.2) is 0 Å². The molecule has 6 N–H and O–H groups in total. The minimum atomic E-state index is -1.36. The number of fused-ring (bicyclic) bond motifs is 1. The highest BCUT2D eigenvalue weighted by molar-refractivity contribution is 5.89. The molecular weight excluding hydrogens is 524 g/mol. The van der Waals surface area contributed by atoms with Crippen LogP contribution in [0.1, 0.15) is 19.4 Å². The van der Waals surface area contributed by atoms with E-state index in [2.05, 4.69) is 15.2 Å². The number of piperazine rings is 1. The minimum Gasteiger partial charge on any atom is -0.394 e. The summed E-state index contributed by atoms with van der Waals surface area (Å²) in [5.74, 6) is 1.09. The number of aliphatic hydroxyl groups excluding tert-OH is 1. The zero-order valence-electron chi connectivity index (χ0n) is 22.2. The van der Waals surface area contributed by atoms with Crippen molar-refractivity contribution in [3.05, 3.63) is 52.6 Å². The smallest absolute Gasteiger partial charge is 0.354 e. The van der Waals surface area contributed by atoms with Gasteiger partial charge in [0, 0.05) is 57.5 Å². The van der Waals surface area contributed by atoms with Crippen LogP contribution in [0.4, 0.5) is 10.6 Å². The molecule has 0 radical (unpaired) electrons. The Morgan fingerprint density at radius 1 is 1.13 bits per heavy atom. The van der Waals surface area contributed by atoms with Gasteiger partial charge in [-0.05, 0) is 49.4 Å². The highest BCUT2D eigenvalue weighted by atomic mass is 35.5. The Morgan fingerprint density at radius 2 is 1.79 bits per heavy atom. The Labute approximate surface area is 233 Å². The molecule has 212 valence electrons. The van der Waals surface area contributed by atoms with Crippen LogP contribution in [0.3, 0.4) is 0 Å². The molecule has 5 rings (SSSR count). The number of benzene rings is 1. The first-order chi connectivity index (χ1) is 18.1. The Morgan fingerprint density at radius 3 is 2.38 bits per heavy atom. The molecule has 0 bridgehead atoms. The number of nitrogens with zero attached hydrogens (tertiary/aromatic N) is 5. The van der Waals surface area contributed by atoms with Gasteiger partial charge in [-0.25, -0.2) is 9.59 Å². The minimum absolute atomic E-state index is 0. The third kappa shape index (κ3) is 5.94. The summed E-state index contributed by atoms with van der Waals surface area (Å²) in [6, 6.07) is 9.09. The molecule has 1 aliphatic carbocycles. The van der Waals surface area contributed by atoms with Crippen molar-refractivity contribution < 1.29 is 14.7 Å².